The van der Waals surface area contributed by atoms with Gasteiger partial charge in [0.15, 0.2) is 0 Å². The van der Waals surface area contributed by atoms with Crippen molar-refractivity contribution in [2.75, 3.05) is 0 Å². The highest BCUT2D eigenvalue weighted by molar-refractivity contribution is 5.69. The Morgan fingerprint density at radius 3 is 2.15 bits per heavy atom. The van der Waals surface area contributed by atoms with Crippen LogP contribution in [-0.4, -0.2) is 22.8 Å². The van der Waals surface area contributed by atoms with Gasteiger partial charge in [-0.25, -0.2) is 0 Å². The molecule has 0 bridgehead atoms. The van der Waals surface area contributed by atoms with E-state index < -0.39 is 11.7 Å². The fourth-order valence-electron chi connectivity index (χ4n) is 0.723. The van der Waals surface area contributed by atoms with E-state index >= 15 is 0 Å². The van der Waals surface area contributed by atoms with Gasteiger partial charge in [0.1, 0.15) is 6.10 Å². The Bertz CT molecular complexity index is 167. The van der Waals surface area contributed by atoms with E-state index in [1.54, 1.807) is 20.8 Å². The topological polar surface area (TPSA) is 46.5 Å². The smallest absolute Gasteiger partial charge is 0.306 e. The second-order valence-corrected chi connectivity index (χ2v) is 4.38. The van der Waals surface area contributed by atoms with Gasteiger partial charge >= 0.3 is 5.97 Å². The third-order valence-electron chi connectivity index (χ3n) is 1.88. The summed E-state index contributed by atoms with van der Waals surface area (Å²) in [6.07, 6.45) is -0.0563. The first-order valence-electron chi connectivity index (χ1n) is 4.65. The molecule has 1 N–H and O–H groups in total. The Labute approximate surface area is 80.1 Å². The van der Waals surface area contributed by atoms with Crippen LogP contribution in [0.3, 0.4) is 0 Å². The first-order chi connectivity index (χ1) is 5.73. The zero-order chi connectivity index (χ0) is 10.6. The van der Waals surface area contributed by atoms with Crippen LogP contribution in [-0.2, 0) is 9.53 Å². The average molecular weight is 188 g/mol. The van der Waals surface area contributed by atoms with E-state index in [0.717, 1.165) is 0 Å². The van der Waals surface area contributed by atoms with Gasteiger partial charge in [-0.1, -0.05) is 13.8 Å². The van der Waals surface area contributed by atoms with Crippen LogP contribution in [0.5, 0.6) is 0 Å². The highest BCUT2D eigenvalue weighted by atomic mass is 16.6. The zero-order valence-corrected chi connectivity index (χ0v) is 9.13. The Balaban J connectivity index is 3.93. The average Bonchev–Trinajstić information content (AvgIpc) is 1.82. The van der Waals surface area contributed by atoms with Crippen LogP contribution in [0, 0.1) is 5.92 Å². The van der Waals surface area contributed by atoms with Gasteiger partial charge in [-0.15, -0.1) is 0 Å². The van der Waals surface area contributed by atoms with Gasteiger partial charge in [0.2, 0.25) is 0 Å². The molecule has 0 saturated carbocycles. The van der Waals surface area contributed by atoms with Gasteiger partial charge in [-0.2, -0.15) is 0 Å². The SMILES string of the molecule is CC(C)CC(=O)O[C@@H](C)C(C)(C)O. The van der Waals surface area contributed by atoms with E-state index in [9.17, 15) is 9.90 Å². The normalized spacial score (nSPS) is 14.4. The molecule has 0 aromatic rings. The van der Waals surface area contributed by atoms with Crippen LogP contribution in [0.2, 0.25) is 0 Å². The Morgan fingerprint density at radius 1 is 1.38 bits per heavy atom. The Hall–Kier alpha value is -0.570. The van der Waals surface area contributed by atoms with Gasteiger partial charge in [0, 0.05) is 6.42 Å². The number of hydrogen-bond acceptors (Lipinski definition) is 3. The maximum absolute atomic E-state index is 11.2. The summed E-state index contributed by atoms with van der Waals surface area (Å²) in [4.78, 5) is 11.2. The molecule has 0 aromatic carbocycles. The lowest BCUT2D eigenvalue weighted by Gasteiger charge is -2.25. The minimum Gasteiger partial charge on any atom is -0.460 e. The second kappa shape index (κ2) is 4.61. The quantitative estimate of drug-likeness (QED) is 0.683. The predicted molar refractivity (Wildman–Crippen MR) is 51.3 cm³/mol. The number of hydrogen-bond donors (Lipinski definition) is 1. The van der Waals surface area contributed by atoms with Gasteiger partial charge in [-0.05, 0) is 26.7 Å². The molecule has 78 valence electrons. The van der Waals surface area contributed by atoms with E-state index in [1.807, 2.05) is 13.8 Å². The summed E-state index contributed by atoms with van der Waals surface area (Å²) in [5.41, 5.74) is -0.966. The number of esters is 1. The fraction of sp³-hybridized carbons (Fsp3) is 0.900. The predicted octanol–water partition coefficient (Wildman–Crippen LogP) is 1.74. The Morgan fingerprint density at radius 2 is 1.85 bits per heavy atom. The van der Waals surface area contributed by atoms with E-state index in [2.05, 4.69) is 0 Å². The molecule has 3 heteroatoms. The molecular weight excluding hydrogens is 168 g/mol. The number of carbonyl (C=O) groups is 1. The molecule has 0 unspecified atom stereocenters. The maximum Gasteiger partial charge on any atom is 0.306 e. The van der Waals surface area contributed by atoms with E-state index in [4.69, 9.17) is 4.74 Å². The molecule has 0 fully saturated rings. The number of carbonyl (C=O) groups excluding carboxylic acids is 1. The third kappa shape index (κ3) is 5.64. The standard InChI is InChI=1S/C10H20O3/c1-7(2)6-9(11)13-8(3)10(4,5)12/h7-8,12H,6H2,1-5H3/t8-/m0/s1. The summed E-state index contributed by atoms with van der Waals surface area (Å²) >= 11 is 0. The van der Waals surface area contributed by atoms with Gasteiger partial charge in [0.05, 0.1) is 5.60 Å². The van der Waals surface area contributed by atoms with E-state index in [1.165, 1.54) is 0 Å². The lowest BCUT2D eigenvalue weighted by atomic mass is 10.0. The van der Waals surface area contributed by atoms with E-state index in [-0.39, 0.29) is 5.97 Å². The molecule has 0 aliphatic rings. The van der Waals surface area contributed by atoms with Crippen molar-refractivity contribution in [2.45, 2.75) is 52.7 Å². The monoisotopic (exact) mass is 188 g/mol. The summed E-state index contributed by atoms with van der Waals surface area (Å²) in [6.45, 7) is 8.85. The summed E-state index contributed by atoms with van der Waals surface area (Å²) in [5.74, 6) is 0.0473. The molecule has 0 aliphatic heterocycles. The number of ether oxygens (including phenoxy) is 1. The highest BCUT2D eigenvalue weighted by Gasteiger charge is 2.25. The minimum atomic E-state index is -0.966. The highest BCUT2D eigenvalue weighted by Crippen LogP contribution is 2.13. The molecule has 0 amide bonds. The molecule has 0 saturated heterocycles. The molecule has 3 nitrogen and oxygen atoms in total. The fourth-order valence-corrected chi connectivity index (χ4v) is 0.723. The largest absolute Gasteiger partial charge is 0.460 e. The molecule has 0 radical (unpaired) electrons. The van der Waals surface area contributed by atoms with Gasteiger partial charge in [-0.3, -0.25) is 4.79 Å². The summed E-state index contributed by atoms with van der Waals surface area (Å²) in [7, 11) is 0. The van der Waals surface area contributed by atoms with Crippen molar-refractivity contribution >= 4 is 5.97 Å². The van der Waals surface area contributed by atoms with Crippen LogP contribution in [0.15, 0.2) is 0 Å². The molecule has 0 spiro atoms. The van der Waals surface area contributed by atoms with Crippen molar-refractivity contribution in [3.8, 4) is 0 Å². The van der Waals surface area contributed by atoms with Crippen LogP contribution in [0.4, 0.5) is 0 Å². The van der Waals surface area contributed by atoms with Crippen LogP contribution < -0.4 is 0 Å². The molecule has 0 rings (SSSR count). The second-order valence-electron chi connectivity index (χ2n) is 4.38. The summed E-state index contributed by atoms with van der Waals surface area (Å²) < 4.78 is 5.04. The van der Waals surface area contributed by atoms with Crippen molar-refractivity contribution in [1.82, 2.24) is 0 Å². The Kier molecular flexibility index (Phi) is 4.40. The third-order valence-corrected chi connectivity index (χ3v) is 1.88. The maximum atomic E-state index is 11.2. The van der Waals surface area contributed by atoms with Crippen molar-refractivity contribution in [3.05, 3.63) is 0 Å². The van der Waals surface area contributed by atoms with Crippen LogP contribution in [0.25, 0.3) is 0 Å². The van der Waals surface area contributed by atoms with E-state index in [0.29, 0.717) is 12.3 Å². The molecule has 13 heavy (non-hydrogen) atoms. The first kappa shape index (κ1) is 12.4. The van der Waals surface area contributed by atoms with Gasteiger partial charge in [0.25, 0.3) is 0 Å². The number of rotatable bonds is 4. The number of aliphatic hydroxyl groups is 1. The molecule has 1 atom stereocenters. The molecule has 0 heterocycles. The lowest BCUT2D eigenvalue weighted by Crippen LogP contribution is -2.37. The first-order valence-corrected chi connectivity index (χ1v) is 4.65. The summed E-state index contributed by atoms with van der Waals surface area (Å²) in [5, 5.41) is 9.49. The molecular formula is C10H20O3. The van der Waals surface area contributed by atoms with Crippen molar-refractivity contribution in [3.63, 3.8) is 0 Å². The minimum absolute atomic E-state index is 0.246. The lowest BCUT2D eigenvalue weighted by molar-refractivity contribution is -0.160. The zero-order valence-electron chi connectivity index (χ0n) is 9.13. The molecule has 0 aliphatic carbocycles. The van der Waals surface area contributed by atoms with Crippen LogP contribution in [0.1, 0.15) is 41.0 Å². The van der Waals surface area contributed by atoms with Crippen molar-refractivity contribution in [2.24, 2.45) is 5.92 Å². The van der Waals surface area contributed by atoms with Gasteiger partial charge < -0.3 is 9.84 Å². The van der Waals surface area contributed by atoms with Crippen molar-refractivity contribution in [1.29, 1.82) is 0 Å². The van der Waals surface area contributed by atoms with Crippen LogP contribution >= 0.6 is 0 Å². The molecule has 0 aromatic heterocycles. The summed E-state index contributed by atoms with van der Waals surface area (Å²) in [6, 6.07) is 0. The van der Waals surface area contributed by atoms with Crippen molar-refractivity contribution < 1.29 is 14.6 Å².